The molecule has 0 radical (unpaired) electrons. The van der Waals surface area contributed by atoms with Crippen LogP contribution in [0.4, 0.5) is 0 Å². The van der Waals surface area contributed by atoms with Crippen molar-refractivity contribution in [1.29, 1.82) is 0 Å². The van der Waals surface area contributed by atoms with Crippen LogP contribution in [0.1, 0.15) is 18.4 Å². The van der Waals surface area contributed by atoms with Gasteiger partial charge < -0.3 is 5.32 Å². The van der Waals surface area contributed by atoms with Gasteiger partial charge in [0.25, 0.3) is 0 Å². The van der Waals surface area contributed by atoms with Crippen LogP contribution >= 0.6 is 0 Å². The maximum Gasteiger partial charge on any atom is 0.0521 e. The third-order valence-corrected chi connectivity index (χ3v) is 2.76. The van der Waals surface area contributed by atoms with E-state index in [1.165, 1.54) is 37.9 Å². The summed E-state index contributed by atoms with van der Waals surface area (Å²) in [5.41, 5.74) is 1.37. The van der Waals surface area contributed by atoms with Gasteiger partial charge in [0.05, 0.1) is 6.20 Å². The largest absolute Gasteiger partial charge is 0.316 e. The van der Waals surface area contributed by atoms with Crippen LogP contribution in [0.15, 0.2) is 12.4 Å². The first-order valence-corrected chi connectivity index (χ1v) is 5.03. The van der Waals surface area contributed by atoms with Crippen LogP contribution in [0, 0.1) is 5.92 Å². The molecule has 1 unspecified atom stereocenters. The topological polar surface area (TPSA) is 29.9 Å². The zero-order valence-corrected chi connectivity index (χ0v) is 8.16. The molecule has 13 heavy (non-hydrogen) atoms. The molecule has 0 aliphatic carbocycles. The van der Waals surface area contributed by atoms with Crippen molar-refractivity contribution >= 4 is 0 Å². The second-order valence-corrected chi connectivity index (χ2v) is 3.92. The summed E-state index contributed by atoms with van der Waals surface area (Å²) >= 11 is 0. The minimum Gasteiger partial charge on any atom is -0.316 e. The highest BCUT2D eigenvalue weighted by atomic mass is 15.2. The van der Waals surface area contributed by atoms with Crippen molar-refractivity contribution in [2.45, 2.75) is 19.3 Å². The third kappa shape index (κ3) is 2.31. The smallest absolute Gasteiger partial charge is 0.0521 e. The molecular formula is C10H17N3. The average Bonchev–Trinajstić information content (AvgIpc) is 2.71. The Kier molecular flexibility index (Phi) is 2.64. The molecule has 1 aliphatic rings. The van der Waals surface area contributed by atoms with E-state index in [2.05, 4.69) is 16.6 Å². The fraction of sp³-hybridized carbons (Fsp3) is 0.700. The molecule has 1 aromatic heterocycles. The zero-order chi connectivity index (χ0) is 9.10. The van der Waals surface area contributed by atoms with Crippen LogP contribution < -0.4 is 5.32 Å². The molecule has 2 rings (SSSR count). The van der Waals surface area contributed by atoms with Crippen molar-refractivity contribution in [3.8, 4) is 0 Å². The lowest BCUT2D eigenvalue weighted by Gasteiger charge is -2.05. The zero-order valence-electron chi connectivity index (χ0n) is 8.16. The summed E-state index contributed by atoms with van der Waals surface area (Å²) in [5, 5.41) is 7.56. The predicted octanol–water partition coefficient (Wildman–Crippen LogP) is 0.962. The predicted molar refractivity (Wildman–Crippen MR) is 52.5 cm³/mol. The maximum absolute atomic E-state index is 4.16. The van der Waals surface area contributed by atoms with Gasteiger partial charge in [0.1, 0.15) is 0 Å². The Hall–Kier alpha value is -0.830. The molecule has 1 aliphatic heterocycles. The van der Waals surface area contributed by atoms with Gasteiger partial charge in [0.15, 0.2) is 0 Å². The Morgan fingerprint density at radius 3 is 3.23 bits per heavy atom. The fourth-order valence-corrected chi connectivity index (χ4v) is 1.93. The third-order valence-electron chi connectivity index (χ3n) is 2.76. The standard InChI is InChI=1S/C10H17N3/c1-13-8-10(7-12-13)3-2-9-4-5-11-6-9/h7-9,11H,2-6H2,1H3. The normalized spacial score (nSPS) is 22.4. The molecular weight excluding hydrogens is 162 g/mol. The summed E-state index contributed by atoms with van der Waals surface area (Å²) in [6, 6.07) is 0. The van der Waals surface area contributed by atoms with Gasteiger partial charge in [0.2, 0.25) is 0 Å². The summed E-state index contributed by atoms with van der Waals surface area (Å²) in [5.74, 6) is 0.889. The molecule has 0 bridgehead atoms. The van der Waals surface area contributed by atoms with Gasteiger partial charge in [-0.1, -0.05) is 0 Å². The summed E-state index contributed by atoms with van der Waals surface area (Å²) in [6.45, 7) is 2.41. The second-order valence-electron chi connectivity index (χ2n) is 3.92. The molecule has 3 nitrogen and oxygen atoms in total. The van der Waals surface area contributed by atoms with E-state index >= 15 is 0 Å². The quantitative estimate of drug-likeness (QED) is 0.749. The van der Waals surface area contributed by atoms with E-state index in [-0.39, 0.29) is 0 Å². The number of nitrogens with zero attached hydrogens (tertiary/aromatic N) is 2. The van der Waals surface area contributed by atoms with Crippen LogP contribution in [0.25, 0.3) is 0 Å². The summed E-state index contributed by atoms with van der Waals surface area (Å²) in [4.78, 5) is 0. The van der Waals surface area contributed by atoms with Gasteiger partial charge in [0, 0.05) is 13.2 Å². The highest BCUT2D eigenvalue weighted by molar-refractivity contribution is 5.03. The lowest BCUT2D eigenvalue weighted by atomic mass is 10.0. The Labute approximate surface area is 79.1 Å². The first-order valence-electron chi connectivity index (χ1n) is 5.03. The molecule has 0 saturated carbocycles. The molecule has 72 valence electrons. The molecule has 1 atom stereocenters. The van der Waals surface area contributed by atoms with Gasteiger partial charge in [-0.3, -0.25) is 4.68 Å². The molecule has 0 aromatic carbocycles. The summed E-state index contributed by atoms with van der Waals surface area (Å²) in [6.07, 6.45) is 7.92. The lowest BCUT2D eigenvalue weighted by Crippen LogP contribution is -2.09. The van der Waals surface area contributed by atoms with E-state index in [9.17, 15) is 0 Å². The van der Waals surface area contributed by atoms with Gasteiger partial charge >= 0.3 is 0 Å². The van der Waals surface area contributed by atoms with E-state index in [1.807, 2.05) is 17.9 Å². The van der Waals surface area contributed by atoms with Crippen LogP contribution in [0.5, 0.6) is 0 Å². The minimum absolute atomic E-state index is 0.889. The highest BCUT2D eigenvalue weighted by Gasteiger charge is 2.13. The summed E-state index contributed by atoms with van der Waals surface area (Å²) in [7, 11) is 1.97. The first-order chi connectivity index (χ1) is 6.34. The Morgan fingerprint density at radius 1 is 1.69 bits per heavy atom. The molecule has 1 fully saturated rings. The number of hydrogen-bond donors (Lipinski definition) is 1. The van der Waals surface area contributed by atoms with Crippen molar-refractivity contribution in [2.75, 3.05) is 13.1 Å². The summed E-state index contributed by atoms with van der Waals surface area (Å²) < 4.78 is 1.88. The van der Waals surface area contributed by atoms with Crippen molar-refractivity contribution in [2.24, 2.45) is 13.0 Å². The average molecular weight is 179 g/mol. The van der Waals surface area contributed by atoms with E-state index in [0.29, 0.717) is 0 Å². The van der Waals surface area contributed by atoms with Crippen molar-refractivity contribution < 1.29 is 0 Å². The van der Waals surface area contributed by atoms with Gasteiger partial charge in [-0.2, -0.15) is 5.10 Å². The van der Waals surface area contributed by atoms with Crippen molar-refractivity contribution in [1.82, 2.24) is 15.1 Å². The maximum atomic E-state index is 4.16. The monoisotopic (exact) mass is 179 g/mol. The Balaban J connectivity index is 1.78. The number of aryl methyl sites for hydroxylation is 2. The first kappa shape index (κ1) is 8.75. The van der Waals surface area contributed by atoms with Crippen LogP contribution in [-0.2, 0) is 13.5 Å². The molecule has 0 amide bonds. The van der Waals surface area contributed by atoms with Crippen molar-refractivity contribution in [3.63, 3.8) is 0 Å². The van der Waals surface area contributed by atoms with Crippen molar-refractivity contribution in [3.05, 3.63) is 18.0 Å². The fourth-order valence-electron chi connectivity index (χ4n) is 1.93. The molecule has 1 saturated heterocycles. The van der Waals surface area contributed by atoms with Gasteiger partial charge in [-0.05, 0) is 43.8 Å². The Bertz CT molecular complexity index is 261. The SMILES string of the molecule is Cn1cc(CCC2CCNC2)cn1. The number of hydrogen-bond acceptors (Lipinski definition) is 2. The molecule has 1 aromatic rings. The van der Waals surface area contributed by atoms with Crippen LogP contribution in [-0.4, -0.2) is 22.9 Å². The van der Waals surface area contributed by atoms with Gasteiger partial charge in [-0.15, -0.1) is 0 Å². The van der Waals surface area contributed by atoms with E-state index < -0.39 is 0 Å². The molecule has 2 heterocycles. The molecule has 3 heteroatoms. The highest BCUT2D eigenvalue weighted by Crippen LogP contribution is 2.15. The lowest BCUT2D eigenvalue weighted by molar-refractivity contribution is 0.533. The minimum atomic E-state index is 0.889. The van der Waals surface area contributed by atoms with Crippen LogP contribution in [0.3, 0.4) is 0 Å². The second kappa shape index (κ2) is 3.92. The molecule has 0 spiro atoms. The van der Waals surface area contributed by atoms with Crippen LogP contribution in [0.2, 0.25) is 0 Å². The number of aromatic nitrogens is 2. The molecule has 1 N–H and O–H groups in total. The van der Waals surface area contributed by atoms with E-state index in [4.69, 9.17) is 0 Å². The van der Waals surface area contributed by atoms with E-state index in [0.717, 1.165) is 5.92 Å². The van der Waals surface area contributed by atoms with E-state index in [1.54, 1.807) is 0 Å². The van der Waals surface area contributed by atoms with Gasteiger partial charge in [-0.25, -0.2) is 0 Å². The number of nitrogens with one attached hydrogen (secondary N) is 1. The Morgan fingerprint density at radius 2 is 2.62 bits per heavy atom. The number of rotatable bonds is 3.